The fraction of sp³-hybridized carbons (Fsp3) is 0.724. The van der Waals surface area contributed by atoms with E-state index in [1.807, 2.05) is 0 Å². The largest absolute Gasteiger partial charge is 0.472 e. The maximum Gasteiger partial charge on any atom is 0.472 e. The predicted molar refractivity (Wildman–Crippen MR) is 519 cm³/mol. The van der Waals surface area contributed by atoms with E-state index in [2.05, 4.69) is 179 Å². The van der Waals surface area contributed by atoms with E-state index in [0.717, 1.165) is 128 Å². The Labute approximate surface area is 752 Å². The number of hydrogen-bond acceptors (Lipinski definition) is 14. The number of rotatable bonds is 94. The summed E-state index contributed by atoms with van der Waals surface area (Å²) in [6.07, 6.45) is 125. The number of unbranched alkanes of at least 4 members (excludes halogenated alkanes) is 45. The summed E-state index contributed by atoms with van der Waals surface area (Å²) in [6.45, 7) is 2.54. The molecular formula is C105H182O16P2. The Morgan fingerprint density at radius 3 is 0.691 bits per heavy atom. The van der Waals surface area contributed by atoms with Gasteiger partial charge in [-0.1, -0.05) is 416 Å². The van der Waals surface area contributed by atoms with Crippen LogP contribution in [0.5, 0.6) is 0 Å². The van der Waals surface area contributed by atoms with Crippen molar-refractivity contribution in [3.63, 3.8) is 0 Å². The van der Waals surface area contributed by atoms with Gasteiger partial charge in [0, 0.05) is 19.3 Å². The smallest absolute Gasteiger partial charge is 0.463 e. The van der Waals surface area contributed by atoms with Crippen molar-refractivity contribution >= 4 is 33.6 Å². The molecule has 0 spiro atoms. The third-order valence-electron chi connectivity index (χ3n) is 21.2. The molecule has 0 aromatic rings. The fourth-order valence-corrected chi connectivity index (χ4v) is 15.3. The van der Waals surface area contributed by atoms with Gasteiger partial charge in [-0.25, -0.2) is 9.13 Å². The monoisotopic (exact) mass is 1760 g/mol. The molecule has 0 heterocycles. The molecule has 0 aliphatic carbocycles. The Kier molecular flexibility index (Phi) is 92.5. The number of ether oxygens (including phenoxy) is 3. The number of esters is 3. The molecule has 708 valence electrons. The van der Waals surface area contributed by atoms with E-state index >= 15 is 0 Å². The maximum atomic E-state index is 13.1. The molecule has 0 aromatic heterocycles. The highest BCUT2D eigenvalue weighted by Crippen LogP contribution is 2.45. The summed E-state index contributed by atoms with van der Waals surface area (Å²) in [6, 6.07) is 0. The zero-order chi connectivity index (χ0) is 89.3. The third-order valence-corrected chi connectivity index (χ3v) is 23.1. The van der Waals surface area contributed by atoms with Gasteiger partial charge in [-0.15, -0.1) is 0 Å². The van der Waals surface area contributed by atoms with Gasteiger partial charge in [-0.2, -0.15) is 0 Å². The lowest BCUT2D eigenvalue weighted by molar-refractivity contribution is -0.161. The van der Waals surface area contributed by atoms with Gasteiger partial charge in [0.1, 0.15) is 25.4 Å². The second-order valence-electron chi connectivity index (χ2n) is 33.2. The van der Waals surface area contributed by atoms with Crippen molar-refractivity contribution in [3.05, 3.63) is 158 Å². The van der Waals surface area contributed by atoms with Crippen LogP contribution in [-0.4, -0.2) is 95.9 Å². The number of hydrogen-bond donors (Lipinski definition) is 4. The predicted octanol–water partition coefficient (Wildman–Crippen LogP) is 31.2. The van der Waals surface area contributed by atoms with Gasteiger partial charge >= 0.3 is 33.6 Å². The van der Waals surface area contributed by atoms with Crippen LogP contribution in [0.25, 0.3) is 0 Å². The quantitative estimate of drug-likeness (QED) is 0.0146. The first-order valence-electron chi connectivity index (χ1n) is 49.8. The van der Waals surface area contributed by atoms with E-state index in [1.54, 1.807) is 0 Å². The van der Waals surface area contributed by atoms with Crippen LogP contribution >= 0.6 is 15.6 Å². The molecule has 0 aliphatic heterocycles. The van der Waals surface area contributed by atoms with Crippen LogP contribution < -0.4 is 0 Å². The molecule has 0 saturated carbocycles. The van der Waals surface area contributed by atoms with Crippen molar-refractivity contribution in [2.24, 2.45) is 0 Å². The Hall–Kier alpha value is -4.83. The molecule has 123 heavy (non-hydrogen) atoms. The summed E-state index contributed by atoms with van der Waals surface area (Å²) in [4.78, 5) is 59.1. The molecule has 5 unspecified atom stereocenters. The zero-order valence-electron chi connectivity index (χ0n) is 78.3. The van der Waals surface area contributed by atoms with Crippen molar-refractivity contribution < 1.29 is 75.8 Å². The summed E-state index contributed by atoms with van der Waals surface area (Å²) in [7, 11) is -9.82. The molecule has 0 saturated heterocycles. The first-order chi connectivity index (χ1) is 60.2. The van der Waals surface area contributed by atoms with Gasteiger partial charge in [-0.3, -0.25) is 32.5 Å². The molecule has 0 bridgehead atoms. The standard InChI is InChI=1S/C105H182O16P2/c1-4-7-10-13-16-19-22-25-28-31-34-36-38-40-42-44-46-48-49-51-53-54-56-58-60-62-65-67-70-73-76-79-82-85-88-91-103(108)115-94-100(106)95-117-122(111,112)118-96-101(107)97-119-123(113,114)120-99-102(121-105(110)93-90-87-84-81-78-75-72-69-64-33-30-27-24-21-18-15-12-9-6-3)98-116-104(109)92-89-86-83-80-77-74-71-68-66-63-61-59-57-55-52-50-47-45-43-41-39-37-35-32-29-26-23-20-17-14-11-8-5-2/h9,12,16-21,25-30,34-37,40-43,64,69,75,78,100-102,106-107H,4-8,10-11,13-15,22-24,31-33,38-39,44-63,65-68,70-74,76-77,79-99H2,1-3H3,(H,111,112)(H,113,114)/b12-9-,19-16-,20-17-,21-18-,28-25-,29-26-,30-27-,36-34-,37-35-,42-40-,43-41-,69-64-,78-75-. The summed E-state index contributed by atoms with van der Waals surface area (Å²) in [5, 5.41) is 20.8. The summed E-state index contributed by atoms with van der Waals surface area (Å²) < 4.78 is 61.5. The van der Waals surface area contributed by atoms with Crippen molar-refractivity contribution in [3.8, 4) is 0 Å². The molecule has 0 aliphatic rings. The minimum atomic E-state index is -4.95. The number of carbonyl (C=O) groups is 3. The first-order valence-corrected chi connectivity index (χ1v) is 52.8. The third kappa shape index (κ3) is 97.6. The number of aliphatic hydroxyl groups is 2. The lowest BCUT2D eigenvalue weighted by atomic mass is 10.0. The average Bonchev–Trinajstić information content (AvgIpc) is 0.930. The number of carbonyl (C=O) groups excluding carboxylic acids is 3. The van der Waals surface area contributed by atoms with Gasteiger partial charge < -0.3 is 34.2 Å². The van der Waals surface area contributed by atoms with Gasteiger partial charge in [0.15, 0.2) is 6.10 Å². The zero-order valence-corrected chi connectivity index (χ0v) is 80.1. The lowest BCUT2D eigenvalue weighted by Gasteiger charge is -2.21. The number of phosphoric acid groups is 2. The molecule has 0 radical (unpaired) electrons. The number of aliphatic hydroxyl groups excluding tert-OH is 2. The minimum absolute atomic E-state index is 0.0635. The molecule has 0 aromatic carbocycles. The highest BCUT2D eigenvalue weighted by Gasteiger charge is 2.30. The highest BCUT2D eigenvalue weighted by molar-refractivity contribution is 7.47. The Bertz CT molecular complexity index is 2870. The summed E-state index contributed by atoms with van der Waals surface area (Å²) in [5.74, 6) is -1.60. The van der Waals surface area contributed by atoms with Gasteiger partial charge in [0.2, 0.25) is 0 Å². The van der Waals surface area contributed by atoms with Crippen molar-refractivity contribution in [2.75, 3.05) is 39.6 Å². The fourth-order valence-electron chi connectivity index (χ4n) is 13.7. The summed E-state index contributed by atoms with van der Waals surface area (Å²) in [5.41, 5.74) is 0. The topological polar surface area (TPSA) is 231 Å². The van der Waals surface area contributed by atoms with E-state index in [1.165, 1.54) is 244 Å². The van der Waals surface area contributed by atoms with Crippen molar-refractivity contribution in [1.29, 1.82) is 0 Å². The van der Waals surface area contributed by atoms with E-state index < -0.39 is 91.5 Å². The van der Waals surface area contributed by atoms with Crippen LogP contribution in [0, 0.1) is 0 Å². The molecule has 16 nitrogen and oxygen atoms in total. The van der Waals surface area contributed by atoms with Crippen LogP contribution in [0.15, 0.2) is 158 Å². The SMILES string of the molecule is CC/C=C\C/C=C\C/C=C\C/C=C\C/C=C\CCCCCC(=O)OC(COC(=O)CCCCCCCCCCCCCCCCCCC/C=C\C/C=C\C/C=C\C/C=C\CCCCC)COP(=O)(O)OCC(O)COP(=O)(O)OCC(O)COC(=O)CCCCCCCCCCCCCCCCCCCCC/C=C\C/C=C\C/C=C\C/C=C\CCCCC. The summed E-state index contributed by atoms with van der Waals surface area (Å²) >= 11 is 0. The van der Waals surface area contributed by atoms with Gasteiger partial charge in [0.25, 0.3) is 0 Å². The van der Waals surface area contributed by atoms with Crippen molar-refractivity contribution in [1.82, 2.24) is 0 Å². The molecule has 5 atom stereocenters. The van der Waals surface area contributed by atoms with E-state index in [0.29, 0.717) is 19.3 Å². The van der Waals surface area contributed by atoms with Crippen LogP contribution in [-0.2, 0) is 55.8 Å². The molecule has 0 amide bonds. The maximum absolute atomic E-state index is 13.1. The molecule has 0 rings (SSSR count). The van der Waals surface area contributed by atoms with E-state index in [-0.39, 0.29) is 19.3 Å². The Balaban J connectivity index is 4.49. The second-order valence-corrected chi connectivity index (χ2v) is 36.1. The Morgan fingerprint density at radius 2 is 0.431 bits per heavy atom. The second kappa shape index (κ2) is 96.3. The Morgan fingerprint density at radius 1 is 0.236 bits per heavy atom. The minimum Gasteiger partial charge on any atom is -0.463 e. The lowest BCUT2D eigenvalue weighted by Crippen LogP contribution is -2.30. The number of allylic oxidation sites excluding steroid dienone is 26. The van der Waals surface area contributed by atoms with Crippen LogP contribution in [0.3, 0.4) is 0 Å². The molecule has 4 N–H and O–H groups in total. The first kappa shape index (κ1) is 118. The van der Waals surface area contributed by atoms with Gasteiger partial charge in [0.05, 0.1) is 26.4 Å². The molecule has 0 fully saturated rings. The van der Waals surface area contributed by atoms with Crippen LogP contribution in [0.1, 0.15) is 432 Å². The van der Waals surface area contributed by atoms with Crippen molar-refractivity contribution in [2.45, 2.75) is 450 Å². The molecule has 18 heteroatoms. The van der Waals surface area contributed by atoms with E-state index in [9.17, 15) is 43.5 Å². The highest BCUT2D eigenvalue weighted by atomic mass is 31.2. The molecular weight excluding hydrogens is 1580 g/mol. The average molecular weight is 1760 g/mol. The van der Waals surface area contributed by atoms with Crippen LogP contribution in [0.4, 0.5) is 0 Å². The number of phosphoric ester groups is 2. The van der Waals surface area contributed by atoms with E-state index in [4.69, 9.17) is 32.3 Å². The van der Waals surface area contributed by atoms with Gasteiger partial charge in [-0.05, 0) is 154 Å². The normalized spacial score (nSPS) is 14.4. The van der Waals surface area contributed by atoms with Crippen LogP contribution in [0.2, 0.25) is 0 Å².